The van der Waals surface area contributed by atoms with Crippen molar-refractivity contribution in [3.8, 4) is 0 Å². The highest BCUT2D eigenvalue weighted by molar-refractivity contribution is 5.87. The van der Waals surface area contributed by atoms with Crippen molar-refractivity contribution in [2.75, 3.05) is 13.2 Å². The zero-order valence-corrected chi connectivity index (χ0v) is 8.63. The fraction of sp³-hybridized carbons (Fsp3) is 0.636. The number of hydrogen-bond acceptors (Lipinski definition) is 3. The molecule has 0 aliphatic rings. The van der Waals surface area contributed by atoms with Gasteiger partial charge in [0.15, 0.2) is 0 Å². The van der Waals surface area contributed by atoms with E-state index in [1.807, 2.05) is 0 Å². The summed E-state index contributed by atoms with van der Waals surface area (Å²) in [6, 6.07) is 0. The molecule has 14 heavy (non-hydrogen) atoms. The van der Waals surface area contributed by atoms with Crippen LogP contribution in [0.2, 0.25) is 0 Å². The number of rotatable bonds is 8. The van der Waals surface area contributed by atoms with Crippen molar-refractivity contribution in [3.63, 3.8) is 0 Å². The molecule has 0 aliphatic heterocycles. The smallest absolute Gasteiger partial charge is 0.333 e. The van der Waals surface area contributed by atoms with Gasteiger partial charge in [-0.05, 0) is 25.7 Å². The molecule has 81 valence electrons. The molecule has 0 unspecified atom stereocenters. The van der Waals surface area contributed by atoms with Crippen molar-refractivity contribution < 1.29 is 14.6 Å². The highest BCUT2D eigenvalue weighted by Gasteiger charge is 2.07. The van der Waals surface area contributed by atoms with E-state index >= 15 is 0 Å². The van der Waals surface area contributed by atoms with Gasteiger partial charge in [0.1, 0.15) is 0 Å². The molecule has 1 radical (unpaired) electrons. The summed E-state index contributed by atoms with van der Waals surface area (Å²) in [4.78, 5) is 11.2. The second-order valence-electron chi connectivity index (χ2n) is 3.13. The van der Waals surface area contributed by atoms with Gasteiger partial charge in [-0.1, -0.05) is 19.9 Å². The number of carbonyl (C=O) groups excluding carboxylic acids is 1. The molecule has 0 spiro atoms. The number of hydrogen-bond donors (Lipinski definition) is 1. The Morgan fingerprint density at radius 3 is 2.57 bits per heavy atom. The summed E-state index contributed by atoms with van der Waals surface area (Å²) in [6.07, 6.45) is 3.63. The Morgan fingerprint density at radius 1 is 1.29 bits per heavy atom. The second kappa shape index (κ2) is 8.75. The van der Waals surface area contributed by atoms with Crippen LogP contribution >= 0.6 is 0 Å². The van der Waals surface area contributed by atoms with Crippen LogP contribution < -0.4 is 0 Å². The largest absolute Gasteiger partial charge is 0.462 e. The maximum atomic E-state index is 11.2. The Hall–Kier alpha value is -0.830. The third kappa shape index (κ3) is 6.66. The number of ether oxygens (including phenoxy) is 1. The van der Waals surface area contributed by atoms with Crippen molar-refractivity contribution in [2.24, 2.45) is 0 Å². The number of esters is 1. The topological polar surface area (TPSA) is 46.5 Å². The van der Waals surface area contributed by atoms with Gasteiger partial charge in [-0.15, -0.1) is 0 Å². The summed E-state index contributed by atoms with van der Waals surface area (Å²) in [5.74, 6) is -0.323. The number of carbonyl (C=O) groups is 1. The summed E-state index contributed by atoms with van der Waals surface area (Å²) in [7, 11) is 0. The standard InChI is InChI=1S/C11H19O3/c1-3-4-9-14-11(13)10(2)7-5-6-8-12/h12H,1-9H2. The molecule has 0 heterocycles. The lowest BCUT2D eigenvalue weighted by Gasteiger charge is -2.05. The van der Waals surface area contributed by atoms with Crippen LogP contribution in [0, 0.1) is 6.92 Å². The first kappa shape index (κ1) is 13.2. The summed E-state index contributed by atoms with van der Waals surface area (Å²) in [5.41, 5.74) is 0.488. The van der Waals surface area contributed by atoms with E-state index in [1.165, 1.54) is 0 Å². The van der Waals surface area contributed by atoms with Crippen molar-refractivity contribution in [1.82, 2.24) is 0 Å². The predicted octanol–water partition coefficient (Wildman–Crippen LogP) is 1.86. The van der Waals surface area contributed by atoms with Gasteiger partial charge in [-0.3, -0.25) is 0 Å². The van der Waals surface area contributed by atoms with E-state index < -0.39 is 0 Å². The van der Waals surface area contributed by atoms with Crippen LogP contribution in [0.5, 0.6) is 0 Å². The Bertz CT molecular complexity index is 155. The Kier molecular flexibility index (Phi) is 8.24. The minimum Gasteiger partial charge on any atom is -0.462 e. The zero-order chi connectivity index (χ0) is 10.8. The number of unbranched alkanes of at least 4 members (excludes halogenated alkanes) is 2. The normalized spacial score (nSPS) is 9.86. The van der Waals surface area contributed by atoms with Crippen LogP contribution in [0.4, 0.5) is 0 Å². The number of aliphatic hydroxyl groups excluding tert-OH is 1. The molecular weight excluding hydrogens is 180 g/mol. The predicted molar refractivity (Wildman–Crippen MR) is 55.6 cm³/mol. The first-order chi connectivity index (χ1) is 6.72. The molecule has 0 saturated heterocycles. The molecule has 0 atom stereocenters. The zero-order valence-electron chi connectivity index (χ0n) is 8.63. The average molecular weight is 199 g/mol. The van der Waals surface area contributed by atoms with E-state index in [-0.39, 0.29) is 12.6 Å². The molecule has 0 saturated carbocycles. The average Bonchev–Trinajstić information content (AvgIpc) is 2.18. The summed E-state index contributed by atoms with van der Waals surface area (Å²) in [5, 5.41) is 8.54. The van der Waals surface area contributed by atoms with E-state index in [0.717, 1.165) is 19.3 Å². The van der Waals surface area contributed by atoms with Crippen molar-refractivity contribution in [2.45, 2.75) is 32.1 Å². The number of aliphatic hydroxyl groups is 1. The van der Waals surface area contributed by atoms with Crippen LogP contribution in [0.1, 0.15) is 32.1 Å². The second-order valence-corrected chi connectivity index (χ2v) is 3.13. The van der Waals surface area contributed by atoms with Crippen molar-refractivity contribution >= 4 is 5.97 Å². The van der Waals surface area contributed by atoms with Gasteiger partial charge < -0.3 is 9.84 Å². The highest BCUT2D eigenvalue weighted by atomic mass is 16.5. The highest BCUT2D eigenvalue weighted by Crippen LogP contribution is 2.07. The van der Waals surface area contributed by atoms with Gasteiger partial charge in [0.05, 0.1) is 6.61 Å². The molecular formula is C11H19O3. The Morgan fingerprint density at radius 2 is 2.00 bits per heavy atom. The van der Waals surface area contributed by atoms with Crippen LogP contribution in [-0.2, 0) is 9.53 Å². The Labute approximate surface area is 85.8 Å². The van der Waals surface area contributed by atoms with Gasteiger partial charge in [-0.2, -0.15) is 0 Å². The molecule has 0 rings (SSSR count). The quantitative estimate of drug-likeness (QED) is 0.369. The van der Waals surface area contributed by atoms with E-state index in [2.05, 4.69) is 13.5 Å². The van der Waals surface area contributed by atoms with Crippen molar-refractivity contribution in [3.05, 3.63) is 19.1 Å². The lowest BCUT2D eigenvalue weighted by molar-refractivity contribution is -0.139. The molecule has 0 aromatic rings. The van der Waals surface area contributed by atoms with Crippen LogP contribution in [0.3, 0.4) is 0 Å². The summed E-state index contributed by atoms with van der Waals surface area (Å²) in [6.45, 7) is 7.85. The van der Waals surface area contributed by atoms with Gasteiger partial charge in [-0.25, -0.2) is 4.79 Å². The summed E-state index contributed by atoms with van der Waals surface area (Å²) < 4.78 is 4.93. The van der Waals surface area contributed by atoms with Crippen LogP contribution in [0.15, 0.2) is 12.2 Å². The lowest BCUT2D eigenvalue weighted by Crippen LogP contribution is -2.08. The fourth-order valence-electron chi connectivity index (χ4n) is 0.921. The molecule has 0 amide bonds. The molecule has 0 bridgehead atoms. The van der Waals surface area contributed by atoms with Gasteiger partial charge in [0.25, 0.3) is 0 Å². The maximum absolute atomic E-state index is 11.2. The molecule has 1 N–H and O–H groups in total. The molecule has 0 aliphatic carbocycles. The minimum absolute atomic E-state index is 0.157. The molecule has 0 fully saturated rings. The van der Waals surface area contributed by atoms with Gasteiger partial charge >= 0.3 is 5.97 Å². The third-order valence-electron chi connectivity index (χ3n) is 1.80. The lowest BCUT2D eigenvalue weighted by atomic mass is 10.1. The maximum Gasteiger partial charge on any atom is 0.333 e. The van der Waals surface area contributed by atoms with E-state index in [0.29, 0.717) is 25.0 Å². The minimum atomic E-state index is -0.323. The van der Waals surface area contributed by atoms with Gasteiger partial charge in [0.2, 0.25) is 0 Å². The fourth-order valence-corrected chi connectivity index (χ4v) is 0.921. The van der Waals surface area contributed by atoms with E-state index in [4.69, 9.17) is 9.84 Å². The van der Waals surface area contributed by atoms with Crippen molar-refractivity contribution in [1.29, 1.82) is 0 Å². The third-order valence-corrected chi connectivity index (χ3v) is 1.80. The van der Waals surface area contributed by atoms with Gasteiger partial charge in [0, 0.05) is 12.2 Å². The molecule has 0 aromatic carbocycles. The molecule has 3 heteroatoms. The van der Waals surface area contributed by atoms with E-state index in [9.17, 15) is 4.79 Å². The first-order valence-corrected chi connectivity index (χ1v) is 4.97. The van der Waals surface area contributed by atoms with Crippen LogP contribution in [0.25, 0.3) is 0 Å². The van der Waals surface area contributed by atoms with Crippen LogP contribution in [-0.4, -0.2) is 24.3 Å². The molecule has 0 aromatic heterocycles. The Balaban J connectivity index is 3.50. The monoisotopic (exact) mass is 199 g/mol. The molecule has 3 nitrogen and oxygen atoms in total. The SMILES string of the molecule is [CH2]CCCOC(=O)C(=C)CCCCO. The first-order valence-electron chi connectivity index (χ1n) is 4.97. The summed E-state index contributed by atoms with van der Waals surface area (Å²) >= 11 is 0. The van der Waals surface area contributed by atoms with E-state index in [1.54, 1.807) is 0 Å².